The highest BCUT2D eigenvalue weighted by Crippen LogP contribution is 2.45. The van der Waals surface area contributed by atoms with Crippen molar-refractivity contribution in [2.24, 2.45) is 5.92 Å². The number of allylic oxidation sites excluding steroid dienone is 2. The maximum atomic E-state index is 3.63. The van der Waals surface area contributed by atoms with Gasteiger partial charge in [0.2, 0.25) is 0 Å². The molecule has 0 spiro atoms. The van der Waals surface area contributed by atoms with E-state index in [1.165, 1.54) is 50.5 Å². The Balaban J connectivity index is 0.000000192. The lowest BCUT2D eigenvalue weighted by atomic mass is 9.94. The molecule has 1 saturated carbocycles. The smallest absolute Gasteiger partial charge is 0.0188 e. The second-order valence-electron chi connectivity index (χ2n) is 7.30. The van der Waals surface area contributed by atoms with Gasteiger partial charge in [-0.15, -0.1) is 0 Å². The summed E-state index contributed by atoms with van der Waals surface area (Å²) >= 11 is 0. The minimum atomic E-state index is 0.860. The third-order valence-electron chi connectivity index (χ3n) is 5.35. The summed E-state index contributed by atoms with van der Waals surface area (Å²) in [5.41, 5.74) is 7.80. The van der Waals surface area contributed by atoms with Gasteiger partial charge in [0, 0.05) is 0 Å². The van der Waals surface area contributed by atoms with Gasteiger partial charge in [0.1, 0.15) is 0 Å². The zero-order chi connectivity index (χ0) is 17.5. The van der Waals surface area contributed by atoms with Crippen LogP contribution in [0.15, 0.2) is 66.7 Å². The third-order valence-corrected chi connectivity index (χ3v) is 5.35. The molecule has 4 rings (SSSR count). The second kappa shape index (κ2) is 8.85. The summed E-state index contributed by atoms with van der Waals surface area (Å²) in [6.45, 7) is 6.00. The normalized spacial score (nSPS) is 22.4. The van der Waals surface area contributed by atoms with Crippen LogP contribution in [0.3, 0.4) is 0 Å². The van der Waals surface area contributed by atoms with Crippen molar-refractivity contribution in [2.75, 3.05) is 0 Å². The second-order valence-corrected chi connectivity index (χ2v) is 7.30. The van der Waals surface area contributed by atoms with E-state index in [4.69, 9.17) is 0 Å². The van der Waals surface area contributed by atoms with Gasteiger partial charge in [0.25, 0.3) is 0 Å². The van der Waals surface area contributed by atoms with E-state index in [9.17, 15) is 0 Å². The summed E-state index contributed by atoms with van der Waals surface area (Å²) in [6, 6.07) is 19.1. The van der Waals surface area contributed by atoms with E-state index >= 15 is 0 Å². The Bertz CT molecular complexity index is 721. The fraction of sp³-hybridized carbons (Fsp3) is 0.360. The van der Waals surface area contributed by atoms with Crippen molar-refractivity contribution >= 4 is 11.6 Å². The average Bonchev–Trinajstić information content (AvgIpc) is 3.36. The molecule has 0 saturated heterocycles. The van der Waals surface area contributed by atoms with Gasteiger partial charge >= 0.3 is 0 Å². The fourth-order valence-corrected chi connectivity index (χ4v) is 3.75. The van der Waals surface area contributed by atoms with Crippen LogP contribution in [0.2, 0.25) is 0 Å². The van der Waals surface area contributed by atoms with Gasteiger partial charge in [-0.3, -0.25) is 0 Å². The van der Waals surface area contributed by atoms with Crippen LogP contribution in [0.4, 0.5) is 0 Å². The van der Waals surface area contributed by atoms with Gasteiger partial charge in [-0.1, -0.05) is 92.6 Å². The monoisotopic (exact) mass is 330 g/mol. The summed E-state index contributed by atoms with van der Waals surface area (Å²) in [5, 5.41) is 0. The summed E-state index contributed by atoms with van der Waals surface area (Å²) < 4.78 is 0. The van der Waals surface area contributed by atoms with E-state index in [0.29, 0.717) is 0 Å². The lowest BCUT2D eigenvalue weighted by molar-refractivity contribution is 0.656. The van der Waals surface area contributed by atoms with Gasteiger partial charge in [0.15, 0.2) is 0 Å². The Morgan fingerprint density at radius 2 is 1.48 bits per heavy atom. The third kappa shape index (κ3) is 4.95. The molecule has 1 fully saturated rings. The van der Waals surface area contributed by atoms with Crippen molar-refractivity contribution in [2.45, 2.75) is 51.9 Å². The first-order chi connectivity index (χ1) is 12.3. The molecule has 0 aromatic heterocycles. The van der Waals surface area contributed by atoms with Crippen LogP contribution in [0.25, 0.3) is 11.6 Å². The Kier molecular flexibility index (Phi) is 6.28. The molecule has 0 N–H and O–H groups in total. The zero-order valence-electron chi connectivity index (χ0n) is 15.5. The van der Waals surface area contributed by atoms with Crippen molar-refractivity contribution in [1.82, 2.24) is 0 Å². The van der Waals surface area contributed by atoms with Gasteiger partial charge in [-0.2, -0.15) is 0 Å². The number of benzene rings is 2. The van der Waals surface area contributed by atoms with Crippen molar-refractivity contribution in [3.63, 3.8) is 0 Å². The van der Waals surface area contributed by atoms with E-state index in [2.05, 4.69) is 37.8 Å². The van der Waals surface area contributed by atoms with E-state index < -0.39 is 0 Å². The molecule has 0 heterocycles. The molecule has 0 nitrogen and oxygen atoms in total. The summed E-state index contributed by atoms with van der Waals surface area (Å²) in [5.74, 6) is 0.860. The van der Waals surface area contributed by atoms with Crippen LogP contribution in [0.1, 0.15) is 62.1 Å². The summed E-state index contributed by atoms with van der Waals surface area (Å²) in [6.07, 6.45) is 11.4. The minimum absolute atomic E-state index is 0.860. The number of hydrogen-bond acceptors (Lipinski definition) is 0. The Hall–Kier alpha value is -2.08. The summed E-state index contributed by atoms with van der Waals surface area (Å²) in [4.78, 5) is 0. The van der Waals surface area contributed by atoms with Crippen LogP contribution in [0.5, 0.6) is 0 Å². The van der Waals surface area contributed by atoms with Gasteiger partial charge in [-0.25, -0.2) is 0 Å². The summed E-state index contributed by atoms with van der Waals surface area (Å²) in [7, 11) is 0. The highest BCUT2D eigenvalue weighted by molar-refractivity contribution is 5.74. The zero-order valence-corrected chi connectivity index (χ0v) is 15.5. The largest absolute Gasteiger partial charge is 0.0985 e. The molecule has 2 aromatic carbocycles. The fourth-order valence-electron chi connectivity index (χ4n) is 3.75. The van der Waals surface area contributed by atoms with E-state index in [1.807, 2.05) is 36.4 Å². The van der Waals surface area contributed by atoms with Crippen molar-refractivity contribution in [1.29, 1.82) is 0 Å². The Labute approximate surface area is 153 Å². The van der Waals surface area contributed by atoms with Crippen LogP contribution >= 0.6 is 0 Å². The molecule has 1 atom stereocenters. The first-order valence-electron chi connectivity index (χ1n) is 9.77. The predicted molar refractivity (Wildman–Crippen MR) is 110 cm³/mol. The van der Waals surface area contributed by atoms with Crippen molar-refractivity contribution in [3.05, 3.63) is 83.4 Å². The molecule has 0 amide bonds. The number of aryl methyl sites for hydroxylation is 1. The Morgan fingerprint density at radius 3 is 2.12 bits per heavy atom. The molecular weight excluding hydrogens is 300 g/mol. The molecule has 0 aliphatic heterocycles. The van der Waals surface area contributed by atoms with E-state index in [1.54, 1.807) is 22.3 Å². The van der Waals surface area contributed by atoms with Crippen molar-refractivity contribution in [3.8, 4) is 0 Å². The average molecular weight is 331 g/mol. The first kappa shape index (κ1) is 17.7. The number of fused-ring (bicyclic) bond motifs is 1. The van der Waals surface area contributed by atoms with Crippen LogP contribution in [-0.4, -0.2) is 0 Å². The van der Waals surface area contributed by atoms with Gasteiger partial charge in [-0.05, 0) is 60.3 Å². The first-order valence-corrected chi connectivity index (χ1v) is 9.77. The Morgan fingerprint density at radius 1 is 0.840 bits per heavy atom. The predicted octanol–water partition coefficient (Wildman–Crippen LogP) is 7.32. The maximum absolute atomic E-state index is 3.63. The molecule has 0 radical (unpaired) electrons. The topological polar surface area (TPSA) is 0 Å². The molecule has 0 heteroatoms. The molecule has 0 bridgehead atoms. The van der Waals surface area contributed by atoms with Gasteiger partial charge in [0.05, 0.1) is 0 Å². The van der Waals surface area contributed by atoms with E-state index in [-0.39, 0.29) is 0 Å². The highest BCUT2D eigenvalue weighted by Gasteiger charge is 2.29. The molecule has 1 unspecified atom stereocenters. The number of rotatable bonds is 1. The SMILES string of the molecule is C=Cc1ccccc1.CC1CC1=C1CCCCCCc2ccccc21. The molecule has 2 aliphatic carbocycles. The van der Waals surface area contributed by atoms with Crippen LogP contribution < -0.4 is 0 Å². The highest BCUT2D eigenvalue weighted by atomic mass is 14.3. The molecule has 130 valence electrons. The molecule has 2 aliphatic rings. The quantitative estimate of drug-likeness (QED) is 0.514. The van der Waals surface area contributed by atoms with Crippen LogP contribution in [-0.2, 0) is 6.42 Å². The standard InChI is InChI=1S/C17H22.C8H8/c1-13-12-17(13)16-11-5-3-2-4-8-14-9-6-7-10-15(14)16;1-2-8-6-4-3-5-7-8/h6-7,9-10,13H,2-5,8,11-12H2,1H3;2-7H,1H2. The number of hydrogen-bond donors (Lipinski definition) is 0. The molecule has 2 aromatic rings. The minimum Gasteiger partial charge on any atom is -0.0985 e. The maximum Gasteiger partial charge on any atom is -0.0188 e. The van der Waals surface area contributed by atoms with Crippen molar-refractivity contribution < 1.29 is 0 Å². The lowest BCUT2D eigenvalue weighted by Crippen LogP contribution is -1.93. The van der Waals surface area contributed by atoms with Gasteiger partial charge < -0.3 is 0 Å². The van der Waals surface area contributed by atoms with E-state index in [0.717, 1.165) is 5.92 Å². The molecular formula is C25H30. The lowest BCUT2D eigenvalue weighted by Gasteiger charge is -2.11. The van der Waals surface area contributed by atoms with Crippen LogP contribution in [0, 0.1) is 5.92 Å². The molecule has 25 heavy (non-hydrogen) atoms.